The average Bonchev–Trinajstić information content (AvgIpc) is 2.22. The number of rotatable bonds is 9. The molecule has 0 spiro atoms. The van der Waals surface area contributed by atoms with Gasteiger partial charge >= 0.3 is 0 Å². The fraction of sp³-hybridized carbons (Fsp3) is 1.00. The monoisotopic (exact) mass is 202 g/mol. The van der Waals surface area contributed by atoms with Gasteiger partial charge in [-0.25, -0.2) is 0 Å². The van der Waals surface area contributed by atoms with Crippen LogP contribution < -0.4 is 21.3 Å². The van der Waals surface area contributed by atoms with Crippen LogP contribution in [0.4, 0.5) is 0 Å². The van der Waals surface area contributed by atoms with Gasteiger partial charge in [-0.2, -0.15) is 0 Å². The van der Waals surface area contributed by atoms with Gasteiger partial charge in [-0.1, -0.05) is 0 Å². The van der Waals surface area contributed by atoms with Crippen molar-refractivity contribution >= 4 is 0 Å². The van der Waals surface area contributed by atoms with E-state index in [0.717, 1.165) is 26.2 Å². The summed E-state index contributed by atoms with van der Waals surface area (Å²) in [6.45, 7) is 8.46. The first-order chi connectivity index (χ1) is 6.70. The molecule has 0 aliphatic carbocycles. The summed E-state index contributed by atoms with van der Waals surface area (Å²) in [5, 5.41) is 13.1. The van der Waals surface area contributed by atoms with Gasteiger partial charge in [0.1, 0.15) is 0 Å². The van der Waals surface area contributed by atoms with E-state index in [0.29, 0.717) is 12.1 Å². The van der Waals surface area contributed by atoms with Crippen LogP contribution in [-0.2, 0) is 0 Å². The molecule has 0 aromatic rings. The highest BCUT2D eigenvalue weighted by molar-refractivity contribution is 4.64. The standard InChI is InChI=1S/C10H26N4/c1-9(11-3)7-13-5-6-14-8-10(2)12-4/h9-14H,5-8H2,1-4H3/t9-,10-/m0/s1. The second-order valence-corrected chi connectivity index (χ2v) is 3.79. The van der Waals surface area contributed by atoms with Crippen LogP contribution in [0.5, 0.6) is 0 Å². The average molecular weight is 202 g/mol. The Morgan fingerprint density at radius 3 is 1.43 bits per heavy atom. The lowest BCUT2D eigenvalue weighted by Gasteiger charge is -2.13. The predicted octanol–water partition coefficient (Wildman–Crippen LogP) is -0.619. The third-order valence-corrected chi connectivity index (χ3v) is 2.37. The Bertz CT molecular complexity index is 105. The Morgan fingerprint density at radius 1 is 0.786 bits per heavy atom. The zero-order chi connectivity index (χ0) is 10.8. The minimum absolute atomic E-state index is 0.547. The van der Waals surface area contributed by atoms with Crippen LogP contribution in [0, 0.1) is 0 Å². The lowest BCUT2D eigenvalue weighted by atomic mass is 10.3. The molecule has 0 aromatic carbocycles. The smallest absolute Gasteiger partial charge is 0.0161 e. The van der Waals surface area contributed by atoms with Crippen LogP contribution in [0.15, 0.2) is 0 Å². The maximum Gasteiger partial charge on any atom is 0.0161 e. The van der Waals surface area contributed by atoms with E-state index in [1.54, 1.807) is 0 Å². The number of hydrogen-bond acceptors (Lipinski definition) is 4. The van der Waals surface area contributed by atoms with Crippen molar-refractivity contribution in [1.82, 2.24) is 21.3 Å². The van der Waals surface area contributed by atoms with E-state index in [2.05, 4.69) is 35.1 Å². The highest BCUT2D eigenvalue weighted by Gasteiger charge is 1.97. The van der Waals surface area contributed by atoms with E-state index in [1.165, 1.54) is 0 Å². The number of nitrogens with one attached hydrogen (secondary N) is 4. The molecule has 0 saturated heterocycles. The molecule has 0 amide bonds. The SMILES string of the molecule is CN[C@@H](C)CNCCNC[C@H](C)NC. The topological polar surface area (TPSA) is 48.1 Å². The van der Waals surface area contributed by atoms with Gasteiger partial charge in [0.2, 0.25) is 0 Å². The van der Waals surface area contributed by atoms with Crippen molar-refractivity contribution in [2.24, 2.45) is 0 Å². The summed E-state index contributed by atoms with van der Waals surface area (Å²) in [5.74, 6) is 0. The Morgan fingerprint density at radius 2 is 1.14 bits per heavy atom. The van der Waals surface area contributed by atoms with Crippen molar-refractivity contribution in [3.05, 3.63) is 0 Å². The van der Waals surface area contributed by atoms with Crippen molar-refractivity contribution < 1.29 is 0 Å². The van der Waals surface area contributed by atoms with Gasteiger partial charge in [-0.3, -0.25) is 0 Å². The summed E-state index contributed by atoms with van der Waals surface area (Å²) in [6, 6.07) is 1.09. The fourth-order valence-electron chi connectivity index (χ4n) is 1.02. The van der Waals surface area contributed by atoms with Crippen LogP contribution in [0.25, 0.3) is 0 Å². The van der Waals surface area contributed by atoms with Gasteiger partial charge in [0.15, 0.2) is 0 Å². The van der Waals surface area contributed by atoms with E-state index in [1.807, 2.05) is 14.1 Å². The Hall–Kier alpha value is -0.160. The highest BCUT2D eigenvalue weighted by atomic mass is 15.0. The lowest BCUT2D eigenvalue weighted by Crippen LogP contribution is -2.40. The molecule has 0 rings (SSSR count). The normalized spacial score (nSPS) is 15.4. The van der Waals surface area contributed by atoms with Gasteiger partial charge in [-0.15, -0.1) is 0 Å². The summed E-state index contributed by atoms with van der Waals surface area (Å²) >= 11 is 0. The molecule has 0 aromatic heterocycles. The largest absolute Gasteiger partial charge is 0.316 e. The van der Waals surface area contributed by atoms with Gasteiger partial charge < -0.3 is 21.3 Å². The van der Waals surface area contributed by atoms with Crippen molar-refractivity contribution in [1.29, 1.82) is 0 Å². The number of hydrogen-bond donors (Lipinski definition) is 4. The first-order valence-corrected chi connectivity index (χ1v) is 5.46. The van der Waals surface area contributed by atoms with E-state index < -0.39 is 0 Å². The molecule has 0 bridgehead atoms. The molecule has 4 N–H and O–H groups in total. The molecule has 4 nitrogen and oxygen atoms in total. The van der Waals surface area contributed by atoms with Crippen LogP contribution in [0.3, 0.4) is 0 Å². The molecule has 0 aliphatic rings. The van der Waals surface area contributed by atoms with Crippen molar-refractivity contribution in [3.8, 4) is 0 Å². The van der Waals surface area contributed by atoms with Crippen LogP contribution in [-0.4, -0.2) is 52.4 Å². The maximum atomic E-state index is 3.38. The summed E-state index contributed by atoms with van der Waals surface area (Å²) in [5.41, 5.74) is 0. The summed E-state index contributed by atoms with van der Waals surface area (Å²) in [7, 11) is 3.97. The molecule has 0 saturated carbocycles. The number of likely N-dealkylation sites (N-methyl/N-ethyl adjacent to an activating group) is 2. The Labute approximate surface area is 88.2 Å². The van der Waals surface area contributed by atoms with Crippen molar-refractivity contribution in [3.63, 3.8) is 0 Å². The summed E-state index contributed by atoms with van der Waals surface area (Å²) in [6.07, 6.45) is 0. The minimum Gasteiger partial charge on any atom is -0.316 e. The zero-order valence-corrected chi connectivity index (χ0v) is 9.98. The van der Waals surface area contributed by atoms with Crippen LogP contribution in [0.2, 0.25) is 0 Å². The van der Waals surface area contributed by atoms with Gasteiger partial charge in [-0.05, 0) is 27.9 Å². The maximum absolute atomic E-state index is 3.38. The second-order valence-electron chi connectivity index (χ2n) is 3.79. The van der Waals surface area contributed by atoms with Crippen LogP contribution in [0.1, 0.15) is 13.8 Å². The first kappa shape index (κ1) is 13.8. The Balaban J connectivity index is 3.06. The Kier molecular flexibility index (Phi) is 9.29. The molecule has 4 heteroatoms. The van der Waals surface area contributed by atoms with Crippen molar-refractivity contribution in [2.45, 2.75) is 25.9 Å². The second kappa shape index (κ2) is 9.40. The highest BCUT2D eigenvalue weighted by Crippen LogP contribution is 1.75. The van der Waals surface area contributed by atoms with E-state index in [4.69, 9.17) is 0 Å². The molecule has 2 atom stereocenters. The molecule has 14 heavy (non-hydrogen) atoms. The van der Waals surface area contributed by atoms with Gasteiger partial charge in [0.25, 0.3) is 0 Å². The molecule has 0 radical (unpaired) electrons. The predicted molar refractivity (Wildman–Crippen MR) is 62.8 cm³/mol. The summed E-state index contributed by atoms with van der Waals surface area (Å²) < 4.78 is 0. The first-order valence-electron chi connectivity index (χ1n) is 5.46. The zero-order valence-electron chi connectivity index (χ0n) is 9.98. The molecule has 0 aliphatic heterocycles. The molecule has 0 fully saturated rings. The molecular formula is C10H26N4. The quantitative estimate of drug-likeness (QED) is 0.377. The molecule has 0 unspecified atom stereocenters. The van der Waals surface area contributed by atoms with E-state index in [-0.39, 0.29) is 0 Å². The molecule has 0 heterocycles. The van der Waals surface area contributed by atoms with E-state index >= 15 is 0 Å². The van der Waals surface area contributed by atoms with Crippen LogP contribution >= 0.6 is 0 Å². The third-order valence-electron chi connectivity index (χ3n) is 2.37. The minimum atomic E-state index is 0.547. The third kappa shape index (κ3) is 8.44. The van der Waals surface area contributed by atoms with Crippen molar-refractivity contribution in [2.75, 3.05) is 40.3 Å². The lowest BCUT2D eigenvalue weighted by molar-refractivity contribution is 0.505. The van der Waals surface area contributed by atoms with Gasteiger partial charge in [0.05, 0.1) is 0 Å². The fourth-order valence-corrected chi connectivity index (χ4v) is 1.02. The van der Waals surface area contributed by atoms with Gasteiger partial charge in [0, 0.05) is 38.3 Å². The molecular weight excluding hydrogens is 176 g/mol. The molecule has 86 valence electrons. The summed E-state index contributed by atoms with van der Waals surface area (Å²) in [4.78, 5) is 0. The van der Waals surface area contributed by atoms with E-state index in [9.17, 15) is 0 Å².